The molecule has 15 heavy (non-hydrogen) atoms. The molecule has 0 spiro atoms. The number of rotatable bonds is 5. The van der Waals surface area contributed by atoms with Crippen LogP contribution in [0.4, 0.5) is 5.69 Å². The molecule has 0 bridgehead atoms. The summed E-state index contributed by atoms with van der Waals surface area (Å²) in [6, 6.07) is 9.90. The lowest BCUT2D eigenvalue weighted by molar-refractivity contribution is 0.773. The number of hydrogen-bond acceptors (Lipinski definition) is 3. The molecule has 0 aliphatic carbocycles. The van der Waals surface area contributed by atoms with E-state index in [4.69, 9.17) is 5.26 Å². The van der Waals surface area contributed by atoms with Crippen LogP contribution < -0.4 is 4.90 Å². The molecule has 0 aliphatic heterocycles. The Balaban J connectivity index is 2.65. The highest BCUT2D eigenvalue weighted by molar-refractivity contribution is 7.80. The highest BCUT2D eigenvalue weighted by Crippen LogP contribution is 2.18. The SMILES string of the molecule is CN(CCCCS)c1ccccc1C#N. The zero-order chi connectivity index (χ0) is 11.1. The third kappa shape index (κ3) is 3.49. The van der Waals surface area contributed by atoms with Crippen molar-refractivity contribution in [3.05, 3.63) is 29.8 Å². The first-order chi connectivity index (χ1) is 7.29. The normalized spacial score (nSPS) is 9.67. The third-order valence-electron chi connectivity index (χ3n) is 2.34. The maximum absolute atomic E-state index is 8.95. The van der Waals surface area contributed by atoms with Crippen molar-refractivity contribution >= 4 is 18.3 Å². The topological polar surface area (TPSA) is 27.0 Å². The number of unbranched alkanes of at least 4 members (excludes halogenated alkanes) is 1. The van der Waals surface area contributed by atoms with Gasteiger partial charge in [0.1, 0.15) is 6.07 Å². The Morgan fingerprint density at radius 3 is 2.73 bits per heavy atom. The van der Waals surface area contributed by atoms with Gasteiger partial charge in [-0.3, -0.25) is 0 Å². The van der Waals surface area contributed by atoms with E-state index in [0.717, 1.165) is 36.4 Å². The number of nitriles is 1. The molecule has 0 N–H and O–H groups in total. The van der Waals surface area contributed by atoms with E-state index in [1.54, 1.807) is 0 Å². The predicted molar refractivity (Wildman–Crippen MR) is 67.5 cm³/mol. The minimum Gasteiger partial charge on any atom is -0.374 e. The van der Waals surface area contributed by atoms with E-state index < -0.39 is 0 Å². The predicted octanol–water partition coefficient (Wildman–Crippen LogP) is 2.70. The molecule has 0 atom stereocenters. The van der Waals surface area contributed by atoms with Gasteiger partial charge in [0, 0.05) is 13.6 Å². The van der Waals surface area contributed by atoms with Crippen LogP contribution in [0.3, 0.4) is 0 Å². The number of nitrogens with zero attached hydrogens (tertiary/aromatic N) is 2. The molecular formula is C12H16N2S. The quantitative estimate of drug-likeness (QED) is 0.610. The van der Waals surface area contributed by atoms with E-state index >= 15 is 0 Å². The minimum absolute atomic E-state index is 0.742. The van der Waals surface area contributed by atoms with E-state index in [1.165, 1.54) is 0 Å². The number of thiol groups is 1. The van der Waals surface area contributed by atoms with Crippen molar-refractivity contribution < 1.29 is 0 Å². The molecule has 0 amide bonds. The van der Waals surface area contributed by atoms with Gasteiger partial charge in [-0.2, -0.15) is 17.9 Å². The van der Waals surface area contributed by atoms with E-state index in [1.807, 2.05) is 31.3 Å². The van der Waals surface area contributed by atoms with Crippen LogP contribution in [0, 0.1) is 11.3 Å². The smallest absolute Gasteiger partial charge is 0.101 e. The molecule has 0 radical (unpaired) electrons. The molecule has 0 heterocycles. The van der Waals surface area contributed by atoms with E-state index in [-0.39, 0.29) is 0 Å². The standard InChI is InChI=1S/C12H16N2S/c1-14(8-4-5-9-15)12-7-3-2-6-11(12)10-13/h2-3,6-7,15H,4-5,8-9H2,1H3. The van der Waals surface area contributed by atoms with Gasteiger partial charge in [-0.05, 0) is 30.7 Å². The van der Waals surface area contributed by atoms with Crippen LogP contribution in [-0.2, 0) is 0 Å². The molecule has 0 saturated heterocycles. The molecule has 1 rings (SSSR count). The number of benzene rings is 1. The average Bonchev–Trinajstić information content (AvgIpc) is 2.29. The fourth-order valence-electron chi connectivity index (χ4n) is 1.48. The zero-order valence-corrected chi connectivity index (χ0v) is 9.87. The molecule has 2 nitrogen and oxygen atoms in total. The first-order valence-corrected chi connectivity index (χ1v) is 5.74. The Morgan fingerprint density at radius 2 is 2.07 bits per heavy atom. The van der Waals surface area contributed by atoms with Crippen molar-refractivity contribution in [2.24, 2.45) is 0 Å². The van der Waals surface area contributed by atoms with Gasteiger partial charge < -0.3 is 4.90 Å². The van der Waals surface area contributed by atoms with Crippen molar-refractivity contribution in [3.8, 4) is 6.07 Å². The monoisotopic (exact) mass is 220 g/mol. The van der Waals surface area contributed by atoms with Crippen LogP contribution in [-0.4, -0.2) is 19.3 Å². The molecule has 0 unspecified atom stereocenters. The summed E-state index contributed by atoms with van der Waals surface area (Å²) in [5.41, 5.74) is 1.75. The van der Waals surface area contributed by atoms with Crippen molar-refractivity contribution in [3.63, 3.8) is 0 Å². The molecule has 0 aliphatic rings. The Kier molecular flexibility index (Phi) is 5.06. The van der Waals surface area contributed by atoms with Crippen LogP contribution in [0.25, 0.3) is 0 Å². The van der Waals surface area contributed by atoms with Crippen LogP contribution in [0.15, 0.2) is 24.3 Å². The zero-order valence-electron chi connectivity index (χ0n) is 8.98. The van der Waals surface area contributed by atoms with Crippen LogP contribution >= 0.6 is 12.6 Å². The van der Waals surface area contributed by atoms with Crippen molar-refractivity contribution in [2.45, 2.75) is 12.8 Å². The maximum atomic E-state index is 8.95. The fourth-order valence-corrected chi connectivity index (χ4v) is 1.71. The van der Waals surface area contributed by atoms with Crippen LogP contribution in [0.2, 0.25) is 0 Å². The second-order valence-electron chi connectivity index (χ2n) is 3.48. The van der Waals surface area contributed by atoms with Gasteiger partial charge >= 0.3 is 0 Å². The number of para-hydroxylation sites is 1. The van der Waals surface area contributed by atoms with Gasteiger partial charge in [-0.1, -0.05) is 12.1 Å². The van der Waals surface area contributed by atoms with E-state index in [9.17, 15) is 0 Å². The third-order valence-corrected chi connectivity index (χ3v) is 2.65. The Labute approximate surface area is 96.9 Å². The van der Waals surface area contributed by atoms with Gasteiger partial charge in [0.2, 0.25) is 0 Å². The summed E-state index contributed by atoms with van der Waals surface area (Å²) in [6.45, 7) is 0.971. The highest BCUT2D eigenvalue weighted by atomic mass is 32.1. The molecule has 80 valence electrons. The molecule has 0 saturated carbocycles. The summed E-state index contributed by atoms with van der Waals surface area (Å²) in [5, 5.41) is 8.95. The molecule has 0 fully saturated rings. The number of hydrogen-bond donors (Lipinski definition) is 1. The van der Waals surface area contributed by atoms with Crippen LogP contribution in [0.1, 0.15) is 18.4 Å². The molecule has 0 aromatic heterocycles. The minimum atomic E-state index is 0.742. The summed E-state index contributed by atoms with van der Waals surface area (Å²) in [4.78, 5) is 2.13. The van der Waals surface area contributed by atoms with Gasteiger partial charge in [0.15, 0.2) is 0 Å². The molecule has 1 aromatic carbocycles. The summed E-state index contributed by atoms with van der Waals surface area (Å²) in [7, 11) is 2.02. The molecular weight excluding hydrogens is 204 g/mol. The first kappa shape index (κ1) is 11.9. The van der Waals surface area contributed by atoms with Gasteiger partial charge in [0.25, 0.3) is 0 Å². The van der Waals surface area contributed by atoms with Crippen molar-refractivity contribution in [1.82, 2.24) is 0 Å². The Bertz CT molecular complexity index is 344. The second kappa shape index (κ2) is 6.36. The average molecular weight is 220 g/mol. The van der Waals surface area contributed by atoms with E-state index in [0.29, 0.717) is 0 Å². The summed E-state index contributed by atoms with van der Waals surface area (Å²) >= 11 is 4.18. The van der Waals surface area contributed by atoms with Crippen LogP contribution in [0.5, 0.6) is 0 Å². The second-order valence-corrected chi connectivity index (χ2v) is 3.93. The summed E-state index contributed by atoms with van der Waals surface area (Å²) in [6.07, 6.45) is 2.22. The lowest BCUT2D eigenvalue weighted by atomic mass is 10.1. The van der Waals surface area contributed by atoms with Crippen molar-refractivity contribution in [1.29, 1.82) is 5.26 Å². The largest absolute Gasteiger partial charge is 0.374 e. The van der Waals surface area contributed by atoms with E-state index in [2.05, 4.69) is 23.6 Å². The molecule has 3 heteroatoms. The van der Waals surface area contributed by atoms with Gasteiger partial charge in [0.05, 0.1) is 11.3 Å². The number of anilines is 1. The fraction of sp³-hybridized carbons (Fsp3) is 0.417. The molecule has 1 aromatic rings. The first-order valence-electron chi connectivity index (χ1n) is 5.10. The summed E-state index contributed by atoms with van der Waals surface area (Å²) in [5.74, 6) is 0.924. The summed E-state index contributed by atoms with van der Waals surface area (Å²) < 4.78 is 0. The maximum Gasteiger partial charge on any atom is 0.101 e. The lowest BCUT2D eigenvalue weighted by Gasteiger charge is -2.20. The highest BCUT2D eigenvalue weighted by Gasteiger charge is 2.05. The Hall–Kier alpha value is -1.14. The van der Waals surface area contributed by atoms with Crippen molar-refractivity contribution in [2.75, 3.05) is 24.2 Å². The van der Waals surface area contributed by atoms with Gasteiger partial charge in [-0.15, -0.1) is 0 Å². The lowest BCUT2D eigenvalue weighted by Crippen LogP contribution is -2.19. The Morgan fingerprint density at radius 1 is 1.33 bits per heavy atom. The van der Waals surface area contributed by atoms with Gasteiger partial charge in [-0.25, -0.2) is 0 Å².